The summed E-state index contributed by atoms with van der Waals surface area (Å²) in [6.45, 7) is 0. The Bertz CT molecular complexity index is 837. The first-order valence-corrected chi connectivity index (χ1v) is 7.32. The number of carbonyl (C=O) groups is 1. The van der Waals surface area contributed by atoms with Gasteiger partial charge in [-0.05, 0) is 46.7 Å². The largest absolute Gasteiger partial charge is 0.322 e. The number of rotatable bonds is 3. The van der Waals surface area contributed by atoms with E-state index in [0.29, 0.717) is 5.02 Å². The van der Waals surface area contributed by atoms with Crippen LogP contribution in [-0.2, 0) is 4.79 Å². The van der Waals surface area contributed by atoms with E-state index in [-0.39, 0.29) is 5.91 Å². The van der Waals surface area contributed by atoms with Crippen molar-refractivity contribution < 1.29 is 4.79 Å². The van der Waals surface area contributed by atoms with Gasteiger partial charge in [-0.2, -0.15) is 0 Å². The number of benzene rings is 3. The van der Waals surface area contributed by atoms with Crippen molar-refractivity contribution in [1.29, 1.82) is 0 Å². The normalized spacial score (nSPS) is 11.0. The summed E-state index contributed by atoms with van der Waals surface area (Å²) in [5.74, 6) is -0.162. The van der Waals surface area contributed by atoms with Gasteiger partial charge in [-0.15, -0.1) is 0 Å². The summed E-state index contributed by atoms with van der Waals surface area (Å²) < 4.78 is 0. The van der Waals surface area contributed by atoms with E-state index in [2.05, 4.69) is 5.32 Å². The van der Waals surface area contributed by atoms with Crippen LogP contribution in [0.4, 0.5) is 5.69 Å². The van der Waals surface area contributed by atoms with E-state index in [4.69, 9.17) is 11.6 Å². The SMILES string of the molecule is O=C(C=Cc1ccc(Cl)cc1)Nc1ccc2ccccc2c1. The first kappa shape index (κ1) is 14.4. The second kappa shape index (κ2) is 6.46. The van der Waals surface area contributed by atoms with E-state index in [1.54, 1.807) is 18.2 Å². The monoisotopic (exact) mass is 307 g/mol. The molecule has 0 aromatic heterocycles. The summed E-state index contributed by atoms with van der Waals surface area (Å²) in [4.78, 5) is 12.0. The molecule has 3 rings (SSSR count). The van der Waals surface area contributed by atoms with Crippen LogP contribution in [0.3, 0.4) is 0 Å². The zero-order valence-electron chi connectivity index (χ0n) is 11.8. The van der Waals surface area contributed by atoms with Crippen molar-refractivity contribution in [2.45, 2.75) is 0 Å². The maximum Gasteiger partial charge on any atom is 0.248 e. The minimum atomic E-state index is -0.162. The van der Waals surface area contributed by atoms with E-state index in [1.165, 1.54) is 6.08 Å². The standard InChI is InChI=1S/C19H14ClNO/c20-17-9-5-14(6-10-17)7-12-19(22)21-18-11-8-15-3-1-2-4-16(15)13-18/h1-13H,(H,21,22). The Morgan fingerprint density at radius 2 is 1.64 bits per heavy atom. The van der Waals surface area contributed by atoms with Gasteiger partial charge in [0.15, 0.2) is 0 Å². The molecule has 1 amide bonds. The number of amides is 1. The molecule has 0 spiro atoms. The number of fused-ring (bicyclic) bond motifs is 1. The van der Waals surface area contributed by atoms with Crippen molar-refractivity contribution in [1.82, 2.24) is 0 Å². The Balaban J connectivity index is 1.71. The molecule has 0 aliphatic carbocycles. The molecule has 3 aromatic rings. The molecule has 3 aromatic carbocycles. The van der Waals surface area contributed by atoms with Crippen molar-refractivity contribution in [3.8, 4) is 0 Å². The first-order chi connectivity index (χ1) is 10.7. The highest BCUT2D eigenvalue weighted by Gasteiger charge is 1.99. The molecule has 0 aliphatic rings. The first-order valence-electron chi connectivity index (χ1n) is 6.94. The van der Waals surface area contributed by atoms with E-state index in [9.17, 15) is 4.79 Å². The highest BCUT2D eigenvalue weighted by Crippen LogP contribution is 2.19. The molecular weight excluding hydrogens is 294 g/mol. The Hall–Kier alpha value is -2.58. The fourth-order valence-electron chi connectivity index (χ4n) is 2.20. The number of nitrogens with one attached hydrogen (secondary N) is 1. The average Bonchev–Trinajstić information content (AvgIpc) is 2.54. The van der Waals surface area contributed by atoms with Crippen LogP contribution in [0.15, 0.2) is 72.8 Å². The fraction of sp³-hybridized carbons (Fsp3) is 0. The molecule has 0 saturated carbocycles. The van der Waals surface area contributed by atoms with Gasteiger partial charge in [-0.25, -0.2) is 0 Å². The molecule has 2 nitrogen and oxygen atoms in total. The summed E-state index contributed by atoms with van der Waals surface area (Å²) in [7, 11) is 0. The van der Waals surface area contributed by atoms with Crippen LogP contribution < -0.4 is 5.32 Å². The van der Waals surface area contributed by atoms with Gasteiger partial charge in [0.2, 0.25) is 5.91 Å². The number of anilines is 1. The molecule has 0 saturated heterocycles. The van der Waals surface area contributed by atoms with E-state index >= 15 is 0 Å². The van der Waals surface area contributed by atoms with E-state index in [0.717, 1.165) is 22.0 Å². The smallest absolute Gasteiger partial charge is 0.248 e. The van der Waals surface area contributed by atoms with E-state index in [1.807, 2.05) is 54.6 Å². The lowest BCUT2D eigenvalue weighted by Gasteiger charge is -2.04. The molecule has 1 N–H and O–H groups in total. The molecule has 0 bridgehead atoms. The number of carbonyl (C=O) groups excluding carboxylic acids is 1. The van der Waals surface area contributed by atoms with Gasteiger partial charge in [0.05, 0.1) is 0 Å². The average molecular weight is 308 g/mol. The highest BCUT2D eigenvalue weighted by molar-refractivity contribution is 6.30. The number of halogens is 1. The lowest BCUT2D eigenvalue weighted by Crippen LogP contribution is -2.07. The van der Waals surface area contributed by atoms with Gasteiger partial charge in [-0.1, -0.05) is 54.1 Å². The summed E-state index contributed by atoms with van der Waals surface area (Å²) in [5, 5.41) is 5.79. The van der Waals surface area contributed by atoms with Crippen molar-refractivity contribution in [2.24, 2.45) is 0 Å². The molecule has 0 radical (unpaired) electrons. The van der Waals surface area contributed by atoms with Crippen LogP contribution in [0.25, 0.3) is 16.8 Å². The predicted molar refractivity (Wildman–Crippen MR) is 93.1 cm³/mol. The summed E-state index contributed by atoms with van der Waals surface area (Å²) in [6.07, 6.45) is 3.27. The molecule has 0 aliphatic heterocycles. The zero-order chi connectivity index (χ0) is 15.4. The zero-order valence-corrected chi connectivity index (χ0v) is 12.5. The Morgan fingerprint density at radius 3 is 2.41 bits per heavy atom. The van der Waals surface area contributed by atoms with Crippen LogP contribution in [-0.4, -0.2) is 5.91 Å². The fourth-order valence-corrected chi connectivity index (χ4v) is 2.32. The minimum Gasteiger partial charge on any atom is -0.322 e. The van der Waals surface area contributed by atoms with E-state index < -0.39 is 0 Å². The lowest BCUT2D eigenvalue weighted by atomic mass is 10.1. The molecule has 0 unspecified atom stereocenters. The number of hydrogen-bond donors (Lipinski definition) is 1. The van der Waals surface area contributed by atoms with Crippen molar-refractivity contribution in [3.63, 3.8) is 0 Å². The van der Waals surface area contributed by atoms with Crippen LogP contribution in [0.5, 0.6) is 0 Å². The van der Waals surface area contributed by atoms with Crippen LogP contribution >= 0.6 is 11.6 Å². The quantitative estimate of drug-likeness (QED) is 0.666. The maximum absolute atomic E-state index is 12.0. The van der Waals surface area contributed by atoms with Crippen molar-refractivity contribution >= 4 is 40.0 Å². The van der Waals surface area contributed by atoms with Crippen molar-refractivity contribution in [3.05, 3.63) is 83.4 Å². The van der Waals surface area contributed by atoms with Gasteiger partial charge in [0, 0.05) is 16.8 Å². The third-order valence-corrected chi connectivity index (χ3v) is 3.57. The van der Waals surface area contributed by atoms with Gasteiger partial charge >= 0.3 is 0 Å². The van der Waals surface area contributed by atoms with Crippen LogP contribution in [0, 0.1) is 0 Å². The molecular formula is C19H14ClNO. The third-order valence-electron chi connectivity index (χ3n) is 3.31. The summed E-state index contributed by atoms with van der Waals surface area (Å²) in [5.41, 5.74) is 1.71. The molecule has 3 heteroatoms. The predicted octanol–water partition coefficient (Wildman–Crippen LogP) is 5.15. The Morgan fingerprint density at radius 1 is 0.909 bits per heavy atom. The third kappa shape index (κ3) is 3.54. The molecule has 0 heterocycles. The van der Waals surface area contributed by atoms with Gasteiger partial charge in [0.1, 0.15) is 0 Å². The molecule has 0 fully saturated rings. The highest BCUT2D eigenvalue weighted by atomic mass is 35.5. The number of hydrogen-bond acceptors (Lipinski definition) is 1. The van der Waals surface area contributed by atoms with Gasteiger partial charge in [-0.3, -0.25) is 4.79 Å². The van der Waals surface area contributed by atoms with Crippen LogP contribution in [0.2, 0.25) is 5.02 Å². The van der Waals surface area contributed by atoms with Crippen LogP contribution in [0.1, 0.15) is 5.56 Å². The lowest BCUT2D eigenvalue weighted by molar-refractivity contribution is -0.111. The topological polar surface area (TPSA) is 29.1 Å². The Kier molecular flexibility index (Phi) is 4.22. The summed E-state index contributed by atoms with van der Waals surface area (Å²) in [6, 6.07) is 21.2. The van der Waals surface area contributed by atoms with Gasteiger partial charge < -0.3 is 5.32 Å². The Labute approximate surface area is 134 Å². The van der Waals surface area contributed by atoms with Gasteiger partial charge in [0.25, 0.3) is 0 Å². The summed E-state index contributed by atoms with van der Waals surface area (Å²) >= 11 is 5.83. The molecule has 22 heavy (non-hydrogen) atoms. The second-order valence-corrected chi connectivity index (χ2v) is 5.37. The second-order valence-electron chi connectivity index (χ2n) is 4.94. The van der Waals surface area contributed by atoms with Crippen molar-refractivity contribution in [2.75, 3.05) is 5.32 Å². The molecule has 0 atom stereocenters. The molecule has 108 valence electrons. The minimum absolute atomic E-state index is 0.162. The maximum atomic E-state index is 12.0.